The smallest absolute Gasteiger partial charge is 0.214 e. The molecule has 0 unspecified atom stereocenters. The highest BCUT2D eigenvalue weighted by atomic mass is 16.6. The molecule has 17 heavy (non-hydrogen) atoms. The zero-order chi connectivity index (χ0) is 13.2. The molecular weight excluding hydrogens is 236 g/mol. The molecule has 0 aliphatic carbocycles. The lowest BCUT2D eigenvalue weighted by atomic mass is 9.90. The Kier molecular flexibility index (Phi) is 4.25. The molecule has 6 atom stereocenters. The van der Waals surface area contributed by atoms with Gasteiger partial charge in [-0.05, 0) is 5.53 Å². The average Bonchev–Trinajstić information content (AvgIpc) is 2.30. The van der Waals surface area contributed by atoms with Gasteiger partial charge in [-0.2, -0.15) is 0 Å². The maximum absolute atomic E-state index is 9.65. The molecule has 0 aromatic heterocycles. The first-order chi connectivity index (χ1) is 7.90. The summed E-state index contributed by atoms with van der Waals surface area (Å²) in [6, 6.07) is 0. The van der Waals surface area contributed by atoms with Gasteiger partial charge >= 0.3 is 0 Å². The third kappa shape index (κ3) is 2.20. The average molecular weight is 250 g/mol. The highest BCUT2D eigenvalue weighted by Crippen LogP contribution is 2.33. The number of ether oxygens (including phenoxy) is 1. The van der Waals surface area contributed by atoms with Crippen LogP contribution in [0.1, 0.15) is 0 Å². The fourth-order valence-electron chi connectivity index (χ4n) is 1.63. The third-order valence-corrected chi connectivity index (χ3v) is 2.62. The van der Waals surface area contributed by atoms with Gasteiger partial charge in [0.2, 0.25) is 5.72 Å². The van der Waals surface area contributed by atoms with Crippen molar-refractivity contribution in [1.82, 2.24) is 0 Å². The minimum Gasteiger partial charge on any atom is -0.394 e. The first-order valence-corrected chi connectivity index (χ1v) is 4.73. The van der Waals surface area contributed by atoms with E-state index in [0.717, 1.165) is 0 Å². The summed E-state index contributed by atoms with van der Waals surface area (Å²) in [5.74, 6) is 0. The lowest BCUT2D eigenvalue weighted by Crippen LogP contribution is -2.69. The molecule has 0 aromatic carbocycles. The van der Waals surface area contributed by atoms with Crippen molar-refractivity contribution in [2.24, 2.45) is 10.8 Å². The second-order valence-corrected chi connectivity index (χ2v) is 3.65. The quantitative estimate of drug-likeness (QED) is 0.131. The van der Waals surface area contributed by atoms with Crippen molar-refractivity contribution in [3.63, 3.8) is 0 Å². The molecule has 1 rings (SSSR count). The van der Waals surface area contributed by atoms with Crippen LogP contribution in [0, 0.1) is 0 Å². The van der Waals surface area contributed by atoms with E-state index in [1.165, 1.54) is 0 Å². The molecule has 0 radical (unpaired) electrons. The molecule has 7 N–H and O–H groups in total. The Bertz CT molecular complexity index is 319. The van der Waals surface area contributed by atoms with Crippen LogP contribution in [0.15, 0.2) is 5.11 Å². The molecule has 1 aliphatic heterocycles. The fraction of sp³-hybridized carbons (Fsp3) is 1.00. The van der Waals surface area contributed by atoms with Crippen LogP contribution in [-0.4, -0.2) is 68.5 Å². The monoisotopic (exact) mass is 250 g/mol. The number of hydrogen-bond donors (Lipinski definition) is 6. The van der Waals surface area contributed by atoms with E-state index in [-0.39, 0.29) is 0 Å². The van der Waals surface area contributed by atoms with Crippen molar-refractivity contribution in [3.8, 4) is 0 Å². The van der Waals surface area contributed by atoms with Crippen LogP contribution in [0.5, 0.6) is 0 Å². The van der Waals surface area contributed by atoms with E-state index in [1.54, 1.807) is 0 Å². The van der Waals surface area contributed by atoms with E-state index in [1.807, 2.05) is 0 Å². The van der Waals surface area contributed by atoms with Gasteiger partial charge in [-0.3, -0.25) is 0 Å². The zero-order valence-corrected chi connectivity index (χ0v) is 8.66. The van der Waals surface area contributed by atoms with Crippen LogP contribution in [0.2, 0.25) is 0 Å². The Morgan fingerprint density at radius 2 is 2.00 bits per heavy atom. The highest BCUT2D eigenvalue weighted by molar-refractivity contribution is 5.02. The van der Waals surface area contributed by atoms with Crippen molar-refractivity contribution in [1.29, 1.82) is 0 Å². The number of azide groups is 1. The molecule has 10 nitrogen and oxygen atoms in total. The molecule has 1 saturated heterocycles. The molecular formula is C7H14N4O6. The Balaban J connectivity index is 3.16. The Labute approximate surface area is 95.5 Å². The summed E-state index contributed by atoms with van der Waals surface area (Å²) in [7, 11) is 0. The van der Waals surface area contributed by atoms with Gasteiger partial charge in [0.05, 0.1) is 6.61 Å². The molecule has 98 valence electrons. The number of nitrogens with two attached hydrogens (primary N) is 1. The van der Waals surface area contributed by atoms with Crippen molar-refractivity contribution in [2.75, 3.05) is 6.61 Å². The van der Waals surface area contributed by atoms with E-state index in [0.29, 0.717) is 0 Å². The van der Waals surface area contributed by atoms with Gasteiger partial charge < -0.3 is 36.0 Å². The minimum absolute atomic E-state index is 0.722. The topological polar surface area (TPSA) is 185 Å². The maximum atomic E-state index is 9.65. The van der Waals surface area contributed by atoms with Gasteiger partial charge in [0, 0.05) is 4.91 Å². The largest absolute Gasteiger partial charge is 0.394 e. The van der Waals surface area contributed by atoms with Crippen molar-refractivity contribution < 1.29 is 30.3 Å². The number of nitrogens with zero attached hydrogens (tertiary/aromatic N) is 3. The number of aliphatic hydroxyl groups excluding tert-OH is 5. The maximum Gasteiger partial charge on any atom is 0.214 e. The Morgan fingerprint density at radius 1 is 1.41 bits per heavy atom. The zero-order valence-electron chi connectivity index (χ0n) is 8.66. The lowest BCUT2D eigenvalue weighted by Gasteiger charge is -2.46. The molecule has 10 heteroatoms. The highest BCUT2D eigenvalue weighted by Gasteiger charge is 2.56. The molecule has 0 spiro atoms. The number of aliphatic hydroxyl groups is 5. The molecule has 0 saturated carbocycles. The van der Waals surface area contributed by atoms with Crippen LogP contribution in [0.4, 0.5) is 0 Å². The van der Waals surface area contributed by atoms with Crippen LogP contribution < -0.4 is 5.73 Å². The minimum atomic E-state index is -2.36. The first kappa shape index (κ1) is 14.1. The summed E-state index contributed by atoms with van der Waals surface area (Å²) >= 11 is 0. The van der Waals surface area contributed by atoms with Crippen molar-refractivity contribution in [3.05, 3.63) is 10.4 Å². The van der Waals surface area contributed by atoms with Gasteiger partial charge in [0.25, 0.3) is 0 Å². The third-order valence-electron chi connectivity index (χ3n) is 2.62. The Hall–Kier alpha value is -0.970. The first-order valence-electron chi connectivity index (χ1n) is 4.73. The molecule has 1 heterocycles. The van der Waals surface area contributed by atoms with Crippen molar-refractivity contribution >= 4 is 0 Å². The Morgan fingerprint density at radius 3 is 2.41 bits per heavy atom. The SMILES string of the molecule is [N-]=[N+]=N[C@]1([C@@H](N)O)O[C@H](CO)[C@@H](O)[C@H](O)[C@H]1O. The van der Waals surface area contributed by atoms with Gasteiger partial charge in [-0.1, -0.05) is 5.11 Å². The van der Waals surface area contributed by atoms with Gasteiger partial charge in [-0.15, -0.1) is 0 Å². The second-order valence-electron chi connectivity index (χ2n) is 3.65. The van der Waals surface area contributed by atoms with E-state index >= 15 is 0 Å². The summed E-state index contributed by atoms with van der Waals surface area (Å²) in [5, 5.41) is 49.8. The standard InChI is InChI=1S/C7H14N4O6/c8-6(16)7(10-11-9)5(15)4(14)3(13)2(1-12)17-7/h2-6,12-16H,1,8H2/t2-,3-,4+,5-,6+,7+/m1/s1. The van der Waals surface area contributed by atoms with E-state index in [9.17, 15) is 20.4 Å². The van der Waals surface area contributed by atoms with E-state index in [2.05, 4.69) is 10.0 Å². The van der Waals surface area contributed by atoms with Crippen LogP contribution >= 0.6 is 0 Å². The summed E-state index contributed by atoms with van der Waals surface area (Å²) in [5.41, 5.74) is 11.1. The summed E-state index contributed by atoms with van der Waals surface area (Å²) in [6.45, 7) is -0.722. The normalized spacial score (nSPS) is 43.9. The summed E-state index contributed by atoms with van der Waals surface area (Å²) in [6.07, 6.45) is -8.61. The summed E-state index contributed by atoms with van der Waals surface area (Å²) < 4.78 is 4.91. The van der Waals surface area contributed by atoms with Gasteiger partial charge in [-0.25, -0.2) is 0 Å². The molecule has 1 fully saturated rings. The predicted octanol–water partition coefficient (Wildman–Crippen LogP) is -3.26. The number of rotatable bonds is 3. The van der Waals surface area contributed by atoms with Crippen LogP contribution in [0.3, 0.4) is 0 Å². The molecule has 1 aliphatic rings. The fourth-order valence-corrected chi connectivity index (χ4v) is 1.63. The predicted molar refractivity (Wildman–Crippen MR) is 52.1 cm³/mol. The van der Waals surface area contributed by atoms with Crippen LogP contribution in [0.25, 0.3) is 10.4 Å². The van der Waals surface area contributed by atoms with Gasteiger partial charge in [0.15, 0.2) is 0 Å². The van der Waals surface area contributed by atoms with Crippen LogP contribution in [-0.2, 0) is 4.74 Å². The lowest BCUT2D eigenvalue weighted by molar-refractivity contribution is -0.295. The molecule has 0 bridgehead atoms. The summed E-state index contributed by atoms with van der Waals surface area (Å²) in [4.78, 5) is 2.36. The second kappa shape index (κ2) is 5.12. The van der Waals surface area contributed by atoms with Gasteiger partial charge in [0.1, 0.15) is 30.6 Å². The van der Waals surface area contributed by atoms with Crippen molar-refractivity contribution in [2.45, 2.75) is 36.4 Å². The molecule has 0 aromatic rings. The molecule has 0 amide bonds. The van der Waals surface area contributed by atoms with E-state index < -0.39 is 43.0 Å². The van der Waals surface area contributed by atoms with E-state index in [4.69, 9.17) is 21.1 Å². The number of hydrogen-bond acceptors (Lipinski definition) is 8.